The summed E-state index contributed by atoms with van der Waals surface area (Å²) in [5.41, 5.74) is 0.515. The molecule has 1 rings (SSSR count). The van der Waals surface area contributed by atoms with Gasteiger partial charge in [-0.1, -0.05) is 28.9 Å². The highest BCUT2D eigenvalue weighted by Gasteiger charge is 2.20. The molecule has 6 heteroatoms. The third kappa shape index (κ3) is 7.79. The maximum atomic E-state index is 13.0. The number of ether oxygens (including phenoxy) is 1. The molecule has 0 aliphatic heterocycles. The lowest BCUT2D eigenvalue weighted by molar-refractivity contribution is 0.0277. The number of rotatable bonds is 6. The zero-order valence-corrected chi connectivity index (χ0v) is 16.0. The van der Waals surface area contributed by atoms with Crippen molar-refractivity contribution in [2.45, 2.75) is 39.8 Å². The lowest BCUT2D eigenvalue weighted by Crippen LogP contribution is -2.38. The van der Waals surface area contributed by atoms with Crippen molar-refractivity contribution in [1.29, 1.82) is 0 Å². The van der Waals surface area contributed by atoms with Crippen molar-refractivity contribution in [1.82, 2.24) is 10.2 Å². The molecule has 0 radical (unpaired) electrons. The quantitative estimate of drug-likeness (QED) is 0.794. The molecular weight excluding hydrogens is 363 g/mol. The highest BCUT2D eigenvalue weighted by Crippen LogP contribution is 2.17. The maximum absolute atomic E-state index is 13.0. The average Bonchev–Trinajstić information content (AvgIpc) is 2.39. The van der Waals surface area contributed by atoms with E-state index in [9.17, 15) is 9.18 Å². The van der Waals surface area contributed by atoms with Gasteiger partial charge in [0.05, 0.1) is 0 Å². The molecule has 23 heavy (non-hydrogen) atoms. The second kappa shape index (κ2) is 8.64. The van der Waals surface area contributed by atoms with E-state index in [1.54, 1.807) is 18.0 Å². The highest BCUT2D eigenvalue weighted by atomic mass is 79.9. The van der Waals surface area contributed by atoms with Crippen LogP contribution in [0.5, 0.6) is 0 Å². The Balaban J connectivity index is 2.36. The van der Waals surface area contributed by atoms with E-state index in [-0.39, 0.29) is 17.8 Å². The molecule has 0 fully saturated rings. The van der Waals surface area contributed by atoms with Gasteiger partial charge in [-0.3, -0.25) is 0 Å². The molecule has 0 spiro atoms. The summed E-state index contributed by atoms with van der Waals surface area (Å²) in [6.45, 7) is 9.61. The molecule has 0 aromatic heterocycles. The van der Waals surface area contributed by atoms with Crippen LogP contribution in [0, 0.1) is 11.7 Å². The minimum absolute atomic E-state index is 0.257. The molecule has 0 bridgehead atoms. The first kappa shape index (κ1) is 19.9. The Kier molecular flexibility index (Phi) is 7.48. The molecule has 130 valence electrons. The van der Waals surface area contributed by atoms with Crippen LogP contribution in [0.1, 0.15) is 33.3 Å². The molecule has 1 unspecified atom stereocenters. The number of amides is 1. The predicted molar refractivity (Wildman–Crippen MR) is 93.8 cm³/mol. The van der Waals surface area contributed by atoms with Crippen molar-refractivity contribution >= 4 is 22.0 Å². The van der Waals surface area contributed by atoms with E-state index in [1.807, 2.05) is 20.8 Å². The summed E-state index contributed by atoms with van der Waals surface area (Å²) < 4.78 is 19.1. The van der Waals surface area contributed by atoms with Crippen LogP contribution in [-0.2, 0) is 11.3 Å². The number of hydrogen-bond donors (Lipinski definition) is 1. The van der Waals surface area contributed by atoms with Crippen LogP contribution < -0.4 is 5.32 Å². The fourth-order valence-electron chi connectivity index (χ4n) is 2.06. The molecule has 1 aromatic carbocycles. The lowest BCUT2D eigenvalue weighted by Gasteiger charge is -2.26. The topological polar surface area (TPSA) is 41.6 Å². The van der Waals surface area contributed by atoms with E-state index in [2.05, 4.69) is 28.2 Å². The Bertz CT molecular complexity index is 532. The van der Waals surface area contributed by atoms with Crippen LogP contribution in [0.3, 0.4) is 0 Å². The Labute approximate surface area is 146 Å². The molecule has 0 heterocycles. The van der Waals surface area contributed by atoms with E-state index in [0.717, 1.165) is 16.6 Å². The summed E-state index contributed by atoms with van der Waals surface area (Å²) >= 11 is 3.35. The van der Waals surface area contributed by atoms with E-state index in [1.165, 1.54) is 12.1 Å². The molecule has 0 aliphatic rings. The molecular formula is C17H26BrFN2O2. The van der Waals surface area contributed by atoms with Crippen LogP contribution in [0.25, 0.3) is 0 Å². The van der Waals surface area contributed by atoms with Crippen LogP contribution >= 0.6 is 15.9 Å². The van der Waals surface area contributed by atoms with Crippen molar-refractivity contribution in [3.63, 3.8) is 0 Å². The second-order valence-corrected chi connectivity index (χ2v) is 7.69. The van der Waals surface area contributed by atoms with Crippen LogP contribution in [-0.4, -0.2) is 36.7 Å². The highest BCUT2D eigenvalue weighted by molar-refractivity contribution is 9.10. The van der Waals surface area contributed by atoms with Gasteiger partial charge >= 0.3 is 6.09 Å². The smallest absolute Gasteiger partial charge is 0.410 e. The monoisotopic (exact) mass is 388 g/mol. The van der Waals surface area contributed by atoms with Gasteiger partial charge in [0.1, 0.15) is 11.4 Å². The molecule has 1 atom stereocenters. The van der Waals surface area contributed by atoms with Crippen molar-refractivity contribution < 1.29 is 13.9 Å². The summed E-state index contributed by atoms with van der Waals surface area (Å²) in [4.78, 5) is 13.5. The fraction of sp³-hybridized carbons (Fsp3) is 0.588. The van der Waals surface area contributed by atoms with Crippen LogP contribution in [0.4, 0.5) is 9.18 Å². The van der Waals surface area contributed by atoms with Crippen LogP contribution in [0.15, 0.2) is 22.7 Å². The standard InChI is InChI=1S/C17H26BrFN2O2/c1-12(11-21(5)16(22)23-17(2,3)4)9-20-10-13-6-7-14(19)8-15(13)18/h6-8,12,20H,9-11H2,1-5H3. The van der Waals surface area contributed by atoms with Crippen molar-refractivity contribution in [2.75, 3.05) is 20.1 Å². The number of halogens is 2. The number of carbonyl (C=O) groups is 1. The Hall–Kier alpha value is -1.14. The Morgan fingerprint density at radius 2 is 2.09 bits per heavy atom. The molecule has 0 aliphatic carbocycles. The number of benzene rings is 1. The van der Waals surface area contributed by atoms with Gasteiger partial charge in [0.25, 0.3) is 0 Å². The third-order valence-electron chi connectivity index (χ3n) is 3.11. The molecule has 0 saturated carbocycles. The van der Waals surface area contributed by atoms with E-state index in [0.29, 0.717) is 13.1 Å². The summed E-state index contributed by atoms with van der Waals surface area (Å²) in [6.07, 6.45) is -0.314. The summed E-state index contributed by atoms with van der Waals surface area (Å²) in [6, 6.07) is 4.65. The molecule has 1 aromatic rings. The Morgan fingerprint density at radius 1 is 1.43 bits per heavy atom. The van der Waals surface area contributed by atoms with Gasteiger partial charge in [0.2, 0.25) is 0 Å². The second-order valence-electron chi connectivity index (χ2n) is 6.83. The van der Waals surface area contributed by atoms with Crippen molar-refractivity contribution in [2.24, 2.45) is 5.92 Å². The first-order valence-corrected chi connectivity index (χ1v) is 8.46. The number of nitrogens with one attached hydrogen (secondary N) is 1. The number of nitrogens with zero attached hydrogens (tertiary/aromatic N) is 1. The maximum Gasteiger partial charge on any atom is 0.410 e. The zero-order chi connectivity index (χ0) is 17.6. The van der Waals surface area contributed by atoms with Crippen molar-refractivity contribution in [3.05, 3.63) is 34.1 Å². The van der Waals surface area contributed by atoms with E-state index >= 15 is 0 Å². The average molecular weight is 389 g/mol. The largest absolute Gasteiger partial charge is 0.444 e. The summed E-state index contributed by atoms with van der Waals surface area (Å²) in [5.74, 6) is 0.0136. The zero-order valence-electron chi connectivity index (χ0n) is 14.5. The van der Waals surface area contributed by atoms with Gasteiger partial charge in [-0.2, -0.15) is 0 Å². The van der Waals surface area contributed by atoms with Crippen molar-refractivity contribution in [3.8, 4) is 0 Å². The molecule has 1 amide bonds. The molecule has 1 N–H and O–H groups in total. The van der Waals surface area contributed by atoms with Gasteiger partial charge in [-0.05, 0) is 50.9 Å². The summed E-state index contributed by atoms with van der Waals surface area (Å²) in [5, 5.41) is 3.32. The predicted octanol–water partition coefficient (Wildman–Crippen LogP) is 4.18. The normalized spacial score (nSPS) is 12.8. The minimum Gasteiger partial charge on any atom is -0.444 e. The summed E-state index contributed by atoms with van der Waals surface area (Å²) in [7, 11) is 1.74. The van der Waals surface area contributed by atoms with Gasteiger partial charge in [-0.25, -0.2) is 9.18 Å². The number of carbonyl (C=O) groups excluding carboxylic acids is 1. The fourth-order valence-corrected chi connectivity index (χ4v) is 2.56. The third-order valence-corrected chi connectivity index (χ3v) is 3.85. The number of hydrogen-bond acceptors (Lipinski definition) is 3. The van der Waals surface area contributed by atoms with Gasteiger partial charge < -0.3 is 15.0 Å². The van der Waals surface area contributed by atoms with E-state index < -0.39 is 5.60 Å². The first-order chi connectivity index (χ1) is 10.6. The van der Waals surface area contributed by atoms with Crippen LogP contribution in [0.2, 0.25) is 0 Å². The minimum atomic E-state index is -0.484. The van der Waals surface area contributed by atoms with E-state index in [4.69, 9.17) is 4.74 Å². The SMILES string of the molecule is CC(CNCc1ccc(F)cc1Br)CN(C)C(=O)OC(C)(C)C. The van der Waals surface area contributed by atoms with Gasteiger partial charge in [0, 0.05) is 24.6 Å². The van der Waals surface area contributed by atoms with Gasteiger partial charge in [-0.15, -0.1) is 0 Å². The Morgan fingerprint density at radius 3 is 2.65 bits per heavy atom. The lowest BCUT2D eigenvalue weighted by atomic mass is 10.1. The van der Waals surface area contributed by atoms with Gasteiger partial charge in [0.15, 0.2) is 0 Å². The molecule has 0 saturated heterocycles. The first-order valence-electron chi connectivity index (χ1n) is 7.67. The molecule has 4 nitrogen and oxygen atoms in total.